The zero-order valence-corrected chi connectivity index (χ0v) is 17.2. The number of ether oxygens (including phenoxy) is 2. The molecule has 0 atom stereocenters. The van der Waals surface area contributed by atoms with Crippen LogP contribution in [0.4, 0.5) is 17.6 Å². The Morgan fingerprint density at radius 1 is 1.07 bits per heavy atom. The van der Waals surface area contributed by atoms with Gasteiger partial charge in [0, 0.05) is 30.5 Å². The van der Waals surface area contributed by atoms with Crippen LogP contribution in [0.3, 0.4) is 0 Å². The van der Waals surface area contributed by atoms with Gasteiger partial charge in [0.1, 0.15) is 5.82 Å². The Morgan fingerprint density at radius 2 is 1.86 bits per heavy atom. The lowest BCUT2D eigenvalue weighted by atomic mass is 9.94. The Bertz CT molecular complexity index is 1090. The summed E-state index contributed by atoms with van der Waals surface area (Å²) in [6.07, 6.45) is 0.738. The van der Waals surface area contributed by atoms with Crippen LogP contribution in [-0.4, -0.2) is 46.9 Å². The molecule has 0 amide bonds. The van der Waals surface area contributed by atoms with Gasteiger partial charge in [0.2, 0.25) is 5.95 Å². The Morgan fingerprint density at radius 3 is 2.59 bits per heavy atom. The van der Waals surface area contributed by atoms with E-state index < -0.39 is 0 Å². The summed E-state index contributed by atoms with van der Waals surface area (Å²) in [6, 6.07) is 0. The van der Waals surface area contributed by atoms with Gasteiger partial charge in [0.05, 0.1) is 46.0 Å². The van der Waals surface area contributed by atoms with Gasteiger partial charge >= 0.3 is 0 Å². The number of hydrazine groups is 2. The maximum Gasteiger partial charge on any atom is 0.239 e. The molecule has 11 heteroatoms. The zero-order chi connectivity index (χ0) is 20.2. The number of nitrogen functional groups attached to an aromatic ring is 2. The Balaban J connectivity index is 1.84. The van der Waals surface area contributed by atoms with Gasteiger partial charge in [-0.25, -0.2) is 21.7 Å². The van der Waals surface area contributed by atoms with Crippen molar-refractivity contribution >= 4 is 49.2 Å². The molecule has 0 radical (unpaired) electrons. The van der Waals surface area contributed by atoms with Gasteiger partial charge in [-0.3, -0.25) is 5.43 Å². The van der Waals surface area contributed by atoms with Crippen LogP contribution in [0.2, 0.25) is 0 Å². The molecule has 2 aliphatic rings. The monoisotopic (exact) mass is 416 g/mol. The number of nitrogens with zero attached hydrogens (tertiary/aromatic N) is 4. The van der Waals surface area contributed by atoms with Crippen LogP contribution >= 0.6 is 11.3 Å². The summed E-state index contributed by atoms with van der Waals surface area (Å²) < 4.78 is 13.6. The Kier molecular flexibility index (Phi) is 4.44. The molecule has 1 fully saturated rings. The van der Waals surface area contributed by atoms with Crippen LogP contribution in [0, 0.1) is 0 Å². The molecule has 5 heterocycles. The fraction of sp³-hybridized carbons (Fsp3) is 0.500. The third-order valence-electron chi connectivity index (χ3n) is 5.40. The molecule has 0 bridgehead atoms. The third kappa shape index (κ3) is 3.06. The van der Waals surface area contributed by atoms with Crippen LogP contribution < -0.4 is 27.4 Å². The predicted octanol–water partition coefficient (Wildman–Crippen LogP) is 1.50. The number of nitrogens with one attached hydrogen (secondary N) is 2. The average molecular weight is 417 g/mol. The number of nitrogens with two attached hydrogens (primary N) is 2. The summed E-state index contributed by atoms with van der Waals surface area (Å²) in [4.78, 5) is 16.4. The molecule has 29 heavy (non-hydrogen) atoms. The van der Waals surface area contributed by atoms with E-state index in [1.54, 1.807) is 11.3 Å². The van der Waals surface area contributed by atoms with Crippen molar-refractivity contribution in [1.82, 2.24) is 15.0 Å². The van der Waals surface area contributed by atoms with E-state index >= 15 is 0 Å². The maximum atomic E-state index is 6.12. The van der Waals surface area contributed by atoms with E-state index in [1.165, 1.54) is 0 Å². The summed E-state index contributed by atoms with van der Waals surface area (Å²) in [5.41, 5.74) is 7.88. The maximum absolute atomic E-state index is 6.12. The lowest BCUT2D eigenvalue weighted by molar-refractivity contribution is -0.0405. The Labute approximate surface area is 171 Å². The smallest absolute Gasteiger partial charge is 0.239 e. The first-order valence-corrected chi connectivity index (χ1v) is 10.4. The van der Waals surface area contributed by atoms with E-state index in [1.807, 2.05) is 0 Å². The van der Waals surface area contributed by atoms with Crippen molar-refractivity contribution in [1.29, 1.82) is 0 Å². The molecule has 10 nitrogen and oxygen atoms in total. The predicted molar refractivity (Wildman–Crippen MR) is 114 cm³/mol. The van der Waals surface area contributed by atoms with E-state index in [9.17, 15) is 0 Å². The van der Waals surface area contributed by atoms with Crippen molar-refractivity contribution in [2.24, 2.45) is 11.7 Å². The third-order valence-corrected chi connectivity index (χ3v) is 6.59. The van der Waals surface area contributed by atoms with Gasteiger partial charge in [-0.05, 0) is 13.8 Å². The number of hydrogen-bond donors (Lipinski definition) is 4. The molecule has 5 rings (SSSR count). The molecule has 1 saturated heterocycles. The van der Waals surface area contributed by atoms with Gasteiger partial charge in [-0.15, -0.1) is 11.3 Å². The van der Waals surface area contributed by atoms with Crippen molar-refractivity contribution in [2.75, 3.05) is 42.1 Å². The number of rotatable bonds is 3. The van der Waals surface area contributed by atoms with Gasteiger partial charge in [-0.1, -0.05) is 0 Å². The molecular formula is C18H24N8O2S. The van der Waals surface area contributed by atoms with E-state index in [0.29, 0.717) is 31.6 Å². The second-order valence-electron chi connectivity index (χ2n) is 7.85. The van der Waals surface area contributed by atoms with Crippen molar-refractivity contribution in [3.8, 4) is 0 Å². The number of thiophene rings is 1. The lowest BCUT2D eigenvalue weighted by Crippen LogP contribution is -2.38. The van der Waals surface area contributed by atoms with Gasteiger partial charge in [0.15, 0.2) is 5.82 Å². The first-order chi connectivity index (χ1) is 14.0. The average Bonchev–Trinajstić information content (AvgIpc) is 3.11. The Hall–Kier alpha value is -2.31. The summed E-state index contributed by atoms with van der Waals surface area (Å²) in [7, 11) is 0. The number of pyridine rings is 1. The van der Waals surface area contributed by atoms with Crippen molar-refractivity contribution in [3.63, 3.8) is 0 Å². The fourth-order valence-electron chi connectivity index (χ4n) is 3.98. The van der Waals surface area contributed by atoms with Crippen LogP contribution in [-0.2, 0) is 22.5 Å². The number of hydrogen-bond acceptors (Lipinski definition) is 11. The minimum Gasteiger partial charge on any atom is -0.378 e. The molecule has 2 aliphatic heterocycles. The molecular weight excluding hydrogens is 392 g/mol. The van der Waals surface area contributed by atoms with Gasteiger partial charge in [-0.2, -0.15) is 4.98 Å². The van der Waals surface area contributed by atoms with Crippen molar-refractivity contribution in [2.45, 2.75) is 32.5 Å². The topological polar surface area (TPSA) is 136 Å². The van der Waals surface area contributed by atoms with Gasteiger partial charge < -0.3 is 19.8 Å². The second-order valence-corrected chi connectivity index (χ2v) is 8.87. The summed E-state index contributed by atoms with van der Waals surface area (Å²) >= 11 is 1.59. The van der Waals surface area contributed by atoms with E-state index in [0.717, 1.165) is 56.9 Å². The molecule has 0 aromatic carbocycles. The summed E-state index contributed by atoms with van der Waals surface area (Å²) in [5.74, 6) is 13.1. The highest BCUT2D eigenvalue weighted by molar-refractivity contribution is 7.26. The minimum absolute atomic E-state index is 0.259. The number of fused-ring (bicyclic) bond motifs is 5. The van der Waals surface area contributed by atoms with E-state index in [-0.39, 0.29) is 5.60 Å². The highest BCUT2D eigenvalue weighted by Gasteiger charge is 2.32. The van der Waals surface area contributed by atoms with Crippen molar-refractivity contribution in [3.05, 3.63) is 11.3 Å². The highest BCUT2D eigenvalue weighted by atomic mass is 32.1. The van der Waals surface area contributed by atoms with Crippen LogP contribution in [0.1, 0.15) is 25.1 Å². The van der Waals surface area contributed by atoms with E-state index in [2.05, 4.69) is 39.6 Å². The first kappa shape index (κ1) is 18.7. The second kappa shape index (κ2) is 6.89. The lowest BCUT2D eigenvalue weighted by Gasteiger charge is -2.34. The SMILES string of the molecule is CC1(C)Cc2nc(N3CCOCC3)c3sc4c(NN)nc(NN)nc4c3c2CO1. The normalized spacial score (nSPS) is 18.8. The molecule has 0 unspecified atom stereocenters. The molecule has 0 aliphatic carbocycles. The highest BCUT2D eigenvalue weighted by Crippen LogP contribution is 2.45. The van der Waals surface area contributed by atoms with Crippen LogP contribution in [0.5, 0.6) is 0 Å². The molecule has 6 N–H and O–H groups in total. The van der Waals surface area contributed by atoms with Crippen LogP contribution in [0.25, 0.3) is 20.3 Å². The van der Waals surface area contributed by atoms with Gasteiger partial charge in [0.25, 0.3) is 0 Å². The first-order valence-electron chi connectivity index (χ1n) is 9.56. The molecule has 154 valence electrons. The number of aromatic nitrogens is 3. The van der Waals surface area contributed by atoms with Crippen LogP contribution in [0.15, 0.2) is 0 Å². The molecule has 3 aromatic rings. The quantitative estimate of drug-likeness (QED) is 0.367. The number of morpholine rings is 1. The fourth-order valence-corrected chi connectivity index (χ4v) is 5.22. The minimum atomic E-state index is -0.259. The largest absolute Gasteiger partial charge is 0.378 e. The molecule has 3 aromatic heterocycles. The van der Waals surface area contributed by atoms with E-state index in [4.69, 9.17) is 26.1 Å². The summed E-state index contributed by atoms with van der Waals surface area (Å²) in [5, 5.41) is 1.04. The zero-order valence-electron chi connectivity index (χ0n) is 16.4. The van der Waals surface area contributed by atoms with Crippen molar-refractivity contribution < 1.29 is 9.47 Å². The summed E-state index contributed by atoms with van der Waals surface area (Å²) in [6.45, 7) is 7.67. The number of anilines is 3. The molecule has 0 spiro atoms. The molecule has 0 saturated carbocycles. The standard InChI is InChI=1S/C18H24N8O2S/c1-18(2)7-10-9(8-28-18)11-12-14(15(24-19)23-17(22-12)25-20)29-13(11)16(21-10)26-3-5-27-6-4-26/h3-8,19-20H2,1-2H3,(H2,22,23,24,25).